The third-order valence-electron chi connectivity index (χ3n) is 7.48. The van der Waals surface area contributed by atoms with Crippen LogP contribution >= 0.6 is 0 Å². The number of nitrogen functional groups attached to an aromatic ring is 1. The van der Waals surface area contributed by atoms with Crippen LogP contribution in [0.15, 0.2) is 114 Å². The number of aromatic nitrogens is 2. The third-order valence-corrected chi connectivity index (χ3v) is 7.48. The van der Waals surface area contributed by atoms with Crippen molar-refractivity contribution >= 4 is 5.82 Å². The first-order chi connectivity index (χ1) is 18.5. The fourth-order valence-corrected chi connectivity index (χ4v) is 5.50. The molecule has 1 aromatic heterocycles. The molecule has 38 heavy (non-hydrogen) atoms. The van der Waals surface area contributed by atoms with Crippen molar-refractivity contribution in [2.75, 3.05) is 26.1 Å². The van der Waals surface area contributed by atoms with Crippen molar-refractivity contribution in [2.24, 2.45) is 11.8 Å². The minimum atomic E-state index is -0.958. The predicted molar refractivity (Wildman–Crippen MR) is 147 cm³/mol. The van der Waals surface area contributed by atoms with Gasteiger partial charge >= 0.3 is 5.69 Å². The maximum Gasteiger partial charge on any atom is 0.350 e. The van der Waals surface area contributed by atoms with E-state index in [1.54, 1.807) is 19.4 Å². The van der Waals surface area contributed by atoms with Gasteiger partial charge in [-0.25, -0.2) is 4.79 Å². The van der Waals surface area contributed by atoms with Crippen LogP contribution < -0.4 is 16.2 Å². The quantitative estimate of drug-likeness (QED) is 0.259. The zero-order valence-corrected chi connectivity index (χ0v) is 21.2. The summed E-state index contributed by atoms with van der Waals surface area (Å²) in [6.45, 7) is 4.34. The van der Waals surface area contributed by atoms with E-state index in [4.69, 9.17) is 15.2 Å². The smallest absolute Gasteiger partial charge is 0.350 e. The van der Waals surface area contributed by atoms with Crippen molar-refractivity contribution in [3.8, 4) is 5.75 Å². The lowest BCUT2D eigenvalue weighted by molar-refractivity contribution is -0.0513. The summed E-state index contributed by atoms with van der Waals surface area (Å²) >= 11 is 0. The highest BCUT2D eigenvalue weighted by molar-refractivity contribution is 5.48. The molecule has 0 aliphatic heterocycles. The summed E-state index contributed by atoms with van der Waals surface area (Å²) in [6, 6.07) is 29.2. The molecule has 1 fully saturated rings. The average molecular weight is 510 g/mol. The van der Waals surface area contributed by atoms with Crippen molar-refractivity contribution < 1.29 is 14.6 Å². The lowest BCUT2D eigenvalue weighted by Gasteiger charge is -2.48. The van der Waals surface area contributed by atoms with E-state index in [1.165, 1.54) is 4.57 Å². The molecule has 1 aliphatic carbocycles. The van der Waals surface area contributed by atoms with E-state index in [2.05, 4.69) is 11.6 Å². The molecule has 7 heteroatoms. The third kappa shape index (κ3) is 4.40. The molecule has 1 aliphatic rings. The summed E-state index contributed by atoms with van der Waals surface area (Å²) in [6.07, 6.45) is 1.63. The molecule has 0 unspecified atom stereocenters. The monoisotopic (exact) mass is 509 g/mol. The van der Waals surface area contributed by atoms with Gasteiger partial charge in [0.2, 0.25) is 0 Å². The zero-order valence-electron chi connectivity index (χ0n) is 21.2. The van der Waals surface area contributed by atoms with Crippen LogP contribution in [0.2, 0.25) is 0 Å². The Morgan fingerprint density at radius 3 is 2.05 bits per heavy atom. The number of aliphatic hydroxyl groups is 1. The number of rotatable bonds is 9. The number of ether oxygens (including phenoxy) is 2. The number of hydrogen-bond donors (Lipinski definition) is 2. The maximum absolute atomic E-state index is 12.7. The molecule has 1 heterocycles. The minimum Gasteiger partial charge on any atom is -0.497 e. The van der Waals surface area contributed by atoms with Crippen LogP contribution in [0.25, 0.3) is 0 Å². The molecular weight excluding hydrogens is 478 g/mol. The van der Waals surface area contributed by atoms with Crippen LogP contribution in [-0.2, 0) is 10.3 Å². The molecule has 5 rings (SSSR count). The van der Waals surface area contributed by atoms with Gasteiger partial charge < -0.3 is 20.3 Å². The molecule has 4 aromatic rings. The summed E-state index contributed by atoms with van der Waals surface area (Å²) in [5, 5.41) is 10.2. The van der Waals surface area contributed by atoms with E-state index in [0.717, 1.165) is 28.0 Å². The normalized spacial score (nSPS) is 19.1. The highest BCUT2D eigenvalue weighted by atomic mass is 16.5. The second-order valence-electron chi connectivity index (χ2n) is 9.47. The standard InChI is InChI=1S/C31H31N3O4/c1-21-26(19-35)27(29(21)34-18-17-28(32)33-30(34)36)20-38-31(22-9-5-3-6-10-22,23-11-7-4-8-12-23)24-13-15-25(37-2)16-14-24/h3-18,26-27,29,35H,1,19-20H2,2H3,(H2,32,33,36)/t26-,27+,29+/m0/s1. The molecule has 7 nitrogen and oxygen atoms in total. The number of aliphatic hydroxyl groups excluding tert-OH is 1. The van der Waals surface area contributed by atoms with Crippen LogP contribution in [0.5, 0.6) is 5.75 Å². The SMILES string of the molecule is C=C1[C@@H](n2ccc(N)nc2=O)[C@H](COC(c2ccccc2)(c2ccccc2)c2ccc(OC)cc2)[C@H]1CO. The summed E-state index contributed by atoms with van der Waals surface area (Å²) in [7, 11) is 1.64. The van der Waals surface area contributed by atoms with Crippen LogP contribution in [0.3, 0.4) is 0 Å². The summed E-state index contributed by atoms with van der Waals surface area (Å²) in [5.41, 5.74) is 7.92. The lowest BCUT2D eigenvalue weighted by Crippen LogP contribution is -2.49. The predicted octanol–water partition coefficient (Wildman–Crippen LogP) is 4.18. The Bertz CT molecular complexity index is 1410. The van der Waals surface area contributed by atoms with Crippen molar-refractivity contribution in [3.05, 3.63) is 137 Å². The van der Waals surface area contributed by atoms with E-state index >= 15 is 0 Å². The molecule has 0 amide bonds. The Kier molecular flexibility index (Phi) is 7.13. The van der Waals surface area contributed by atoms with Gasteiger partial charge in [0.1, 0.15) is 17.2 Å². The molecule has 194 valence electrons. The Morgan fingerprint density at radius 1 is 0.947 bits per heavy atom. The van der Waals surface area contributed by atoms with Gasteiger partial charge in [-0.2, -0.15) is 4.98 Å². The highest BCUT2D eigenvalue weighted by Gasteiger charge is 2.48. The Labute approximate surface area is 221 Å². The molecule has 0 radical (unpaired) electrons. The van der Waals surface area contributed by atoms with E-state index in [-0.39, 0.29) is 36.9 Å². The molecule has 3 N–H and O–H groups in total. The second-order valence-corrected chi connectivity index (χ2v) is 9.47. The number of hydrogen-bond acceptors (Lipinski definition) is 6. The molecule has 0 spiro atoms. The van der Waals surface area contributed by atoms with E-state index < -0.39 is 11.3 Å². The van der Waals surface area contributed by atoms with Gasteiger partial charge in [0.25, 0.3) is 0 Å². The van der Waals surface area contributed by atoms with Gasteiger partial charge in [-0.3, -0.25) is 4.57 Å². The largest absolute Gasteiger partial charge is 0.497 e. The first kappa shape index (κ1) is 25.4. The van der Waals surface area contributed by atoms with E-state index in [9.17, 15) is 9.90 Å². The summed E-state index contributed by atoms with van der Waals surface area (Å²) in [5.74, 6) is 0.481. The van der Waals surface area contributed by atoms with Crippen molar-refractivity contribution in [3.63, 3.8) is 0 Å². The molecule has 3 atom stereocenters. The topological polar surface area (TPSA) is 99.6 Å². The number of nitrogens with zero attached hydrogens (tertiary/aromatic N) is 2. The molecule has 3 aromatic carbocycles. The number of anilines is 1. The van der Waals surface area contributed by atoms with Gasteiger partial charge in [-0.05, 0) is 40.5 Å². The second kappa shape index (κ2) is 10.7. The van der Waals surface area contributed by atoms with Gasteiger partial charge in [0, 0.05) is 18.0 Å². The minimum absolute atomic E-state index is 0.0906. The zero-order chi connectivity index (χ0) is 26.7. The first-order valence-electron chi connectivity index (χ1n) is 12.5. The van der Waals surface area contributed by atoms with Crippen molar-refractivity contribution in [1.82, 2.24) is 9.55 Å². The van der Waals surface area contributed by atoms with Gasteiger partial charge in [-0.15, -0.1) is 0 Å². The molecular formula is C31H31N3O4. The average Bonchev–Trinajstić information content (AvgIpc) is 2.95. The van der Waals surface area contributed by atoms with Gasteiger partial charge in [-0.1, -0.05) is 79.4 Å². The maximum atomic E-state index is 12.7. The summed E-state index contributed by atoms with van der Waals surface area (Å²) < 4.78 is 13.9. The van der Waals surface area contributed by atoms with Crippen LogP contribution in [0.4, 0.5) is 5.82 Å². The van der Waals surface area contributed by atoms with Crippen LogP contribution in [0.1, 0.15) is 22.7 Å². The number of methoxy groups -OCH3 is 1. The Morgan fingerprint density at radius 2 is 1.53 bits per heavy atom. The van der Waals surface area contributed by atoms with Gasteiger partial charge in [0.05, 0.1) is 26.4 Å². The van der Waals surface area contributed by atoms with Crippen LogP contribution in [0, 0.1) is 11.8 Å². The molecule has 0 bridgehead atoms. The Balaban J connectivity index is 1.60. The Hall–Kier alpha value is -4.20. The van der Waals surface area contributed by atoms with E-state index in [0.29, 0.717) is 0 Å². The fourth-order valence-electron chi connectivity index (χ4n) is 5.50. The first-order valence-corrected chi connectivity index (χ1v) is 12.5. The molecule has 1 saturated carbocycles. The van der Waals surface area contributed by atoms with Gasteiger partial charge in [0.15, 0.2) is 0 Å². The number of nitrogens with two attached hydrogens (primary N) is 1. The number of benzene rings is 3. The lowest BCUT2D eigenvalue weighted by atomic mass is 9.66. The van der Waals surface area contributed by atoms with Crippen molar-refractivity contribution in [2.45, 2.75) is 11.6 Å². The molecule has 0 saturated heterocycles. The van der Waals surface area contributed by atoms with Crippen molar-refractivity contribution in [1.29, 1.82) is 0 Å². The van der Waals surface area contributed by atoms with Crippen LogP contribution in [-0.4, -0.2) is 35.0 Å². The fraction of sp³-hybridized carbons (Fsp3) is 0.226. The van der Waals surface area contributed by atoms with E-state index in [1.807, 2.05) is 84.9 Å². The summed E-state index contributed by atoms with van der Waals surface area (Å²) in [4.78, 5) is 16.6. The highest BCUT2D eigenvalue weighted by Crippen LogP contribution is 2.49.